The van der Waals surface area contributed by atoms with Crippen LogP contribution in [0.1, 0.15) is 42.6 Å². The van der Waals surface area contributed by atoms with Crippen LogP contribution in [0.2, 0.25) is 0 Å². The van der Waals surface area contributed by atoms with Crippen molar-refractivity contribution in [1.82, 2.24) is 9.78 Å². The molecule has 4 heteroatoms. The molecule has 2 rings (SSSR count). The monoisotopic (exact) mass is 222 g/mol. The summed E-state index contributed by atoms with van der Waals surface area (Å²) in [5.41, 5.74) is 0.620. The minimum absolute atomic E-state index is 0.165. The van der Waals surface area contributed by atoms with Crippen LogP contribution in [0.4, 0.5) is 0 Å². The van der Waals surface area contributed by atoms with E-state index in [1.807, 2.05) is 0 Å². The molecule has 0 spiro atoms. The van der Waals surface area contributed by atoms with E-state index in [1.165, 1.54) is 6.42 Å². The summed E-state index contributed by atoms with van der Waals surface area (Å²) in [5, 5.41) is 4.07. The zero-order valence-corrected chi connectivity index (χ0v) is 9.90. The molecule has 0 saturated heterocycles. The number of ketones is 1. The van der Waals surface area contributed by atoms with E-state index >= 15 is 0 Å². The summed E-state index contributed by atoms with van der Waals surface area (Å²) in [6.07, 6.45) is 7.20. The molecule has 1 aromatic rings. The fourth-order valence-corrected chi connectivity index (χ4v) is 2.41. The summed E-state index contributed by atoms with van der Waals surface area (Å²) in [4.78, 5) is 12.3. The molecule has 88 valence electrons. The van der Waals surface area contributed by atoms with E-state index in [-0.39, 0.29) is 11.7 Å². The maximum absolute atomic E-state index is 12.3. The van der Waals surface area contributed by atoms with Gasteiger partial charge in [-0.05, 0) is 12.8 Å². The first-order valence-electron chi connectivity index (χ1n) is 5.84. The molecular weight excluding hydrogens is 204 g/mol. The highest BCUT2D eigenvalue weighted by Gasteiger charge is 2.27. The average molecular weight is 222 g/mol. The summed E-state index contributed by atoms with van der Waals surface area (Å²) in [6.45, 7) is 0. The molecule has 0 N–H and O–H groups in total. The molecule has 1 heterocycles. The number of methoxy groups -OCH3 is 1. The van der Waals surface area contributed by atoms with Crippen molar-refractivity contribution in [2.45, 2.75) is 32.1 Å². The van der Waals surface area contributed by atoms with Crippen LogP contribution in [0, 0.1) is 5.92 Å². The van der Waals surface area contributed by atoms with E-state index < -0.39 is 0 Å². The van der Waals surface area contributed by atoms with Gasteiger partial charge in [-0.25, -0.2) is 0 Å². The number of hydrogen-bond donors (Lipinski definition) is 0. The number of Topliss-reactive ketones (excluding diaryl/α,β-unsaturated/α-hetero) is 1. The largest absolute Gasteiger partial charge is 0.493 e. The Kier molecular flexibility index (Phi) is 3.27. The van der Waals surface area contributed by atoms with Crippen molar-refractivity contribution in [3.63, 3.8) is 0 Å². The molecule has 0 atom stereocenters. The van der Waals surface area contributed by atoms with E-state index in [0.717, 1.165) is 25.7 Å². The molecule has 0 unspecified atom stereocenters. The molecular formula is C12H18N2O2. The Morgan fingerprint density at radius 3 is 2.75 bits per heavy atom. The third-order valence-electron chi connectivity index (χ3n) is 3.33. The van der Waals surface area contributed by atoms with Gasteiger partial charge in [0.25, 0.3) is 0 Å². The second kappa shape index (κ2) is 4.68. The number of hydrogen-bond acceptors (Lipinski definition) is 3. The van der Waals surface area contributed by atoms with Crippen LogP contribution in [-0.2, 0) is 7.05 Å². The molecule has 16 heavy (non-hydrogen) atoms. The van der Waals surface area contributed by atoms with Crippen LogP contribution in [0.3, 0.4) is 0 Å². The lowest BCUT2D eigenvalue weighted by atomic mass is 9.85. The smallest absolute Gasteiger partial charge is 0.187 e. The van der Waals surface area contributed by atoms with Crippen molar-refractivity contribution in [3.05, 3.63) is 11.9 Å². The molecule has 4 nitrogen and oxygen atoms in total. The topological polar surface area (TPSA) is 44.1 Å². The summed E-state index contributed by atoms with van der Waals surface area (Å²) in [5.74, 6) is 0.952. The van der Waals surface area contributed by atoms with Gasteiger partial charge in [0.2, 0.25) is 0 Å². The van der Waals surface area contributed by atoms with Gasteiger partial charge in [0.1, 0.15) is 5.69 Å². The van der Waals surface area contributed by atoms with E-state index in [4.69, 9.17) is 4.74 Å². The van der Waals surface area contributed by atoms with Crippen molar-refractivity contribution in [2.75, 3.05) is 7.11 Å². The zero-order valence-electron chi connectivity index (χ0n) is 9.90. The molecule has 1 aliphatic rings. The Balaban J connectivity index is 2.21. The fraction of sp³-hybridized carbons (Fsp3) is 0.667. The lowest BCUT2D eigenvalue weighted by molar-refractivity contribution is 0.0876. The number of ether oxygens (including phenoxy) is 1. The molecule has 0 amide bonds. The highest BCUT2D eigenvalue weighted by molar-refractivity contribution is 5.98. The van der Waals surface area contributed by atoms with Gasteiger partial charge in [-0.2, -0.15) is 5.10 Å². The number of carbonyl (C=O) groups is 1. The summed E-state index contributed by atoms with van der Waals surface area (Å²) >= 11 is 0. The lowest BCUT2D eigenvalue weighted by Gasteiger charge is -2.20. The Bertz CT molecular complexity index is 378. The number of aromatic nitrogens is 2. The molecule has 0 aromatic carbocycles. The van der Waals surface area contributed by atoms with Gasteiger partial charge in [-0.1, -0.05) is 19.3 Å². The van der Waals surface area contributed by atoms with Crippen molar-refractivity contribution < 1.29 is 9.53 Å². The normalized spacial score (nSPS) is 17.4. The summed E-state index contributed by atoms with van der Waals surface area (Å²) < 4.78 is 6.79. The van der Waals surface area contributed by atoms with E-state index in [2.05, 4.69) is 5.10 Å². The third kappa shape index (κ3) is 1.96. The van der Waals surface area contributed by atoms with Gasteiger partial charge in [0.05, 0.1) is 13.3 Å². The average Bonchev–Trinajstić information content (AvgIpc) is 2.70. The van der Waals surface area contributed by atoms with Gasteiger partial charge in [-0.3, -0.25) is 9.48 Å². The van der Waals surface area contributed by atoms with Gasteiger partial charge >= 0.3 is 0 Å². The van der Waals surface area contributed by atoms with Crippen molar-refractivity contribution in [3.8, 4) is 5.75 Å². The van der Waals surface area contributed by atoms with Crippen molar-refractivity contribution >= 4 is 5.78 Å². The van der Waals surface area contributed by atoms with Gasteiger partial charge in [0.15, 0.2) is 11.5 Å². The highest BCUT2D eigenvalue weighted by Crippen LogP contribution is 2.29. The zero-order chi connectivity index (χ0) is 11.5. The molecule has 1 aliphatic carbocycles. The Labute approximate surface area is 95.6 Å². The number of nitrogens with zero attached hydrogens (tertiary/aromatic N) is 2. The standard InChI is InChI=1S/C12H18N2O2/c1-14-11(10(16-2)8-13-14)12(15)9-6-4-3-5-7-9/h8-9H,3-7H2,1-2H3. The van der Waals surface area contributed by atoms with Gasteiger partial charge in [-0.15, -0.1) is 0 Å². The quantitative estimate of drug-likeness (QED) is 0.736. The van der Waals surface area contributed by atoms with E-state index in [0.29, 0.717) is 11.4 Å². The maximum Gasteiger partial charge on any atom is 0.187 e. The molecule has 1 aromatic heterocycles. The minimum Gasteiger partial charge on any atom is -0.493 e. The minimum atomic E-state index is 0.165. The second-order valence-electron chi connectivity index (χ2n) is 4.38. The molecule has 0 radical (unpaired) electrons. The second-order valence-corrected chi connectivity index (χ2v) is 4.38. The Morgan fingerprint density at radius 1 is 1.44 bits per heavy atom. The van der Waals surface area contributed by atoms with Crippen LogP contribution in [0.15, 0.2) is 6.20 Å². The first-order chi connectivity index (χ1) is 7.74. The van der Waals surface area contributed by atoms with Crippen molar-refractivity contribution in [1.29, 1.82) is 0 Å². The van der Waals surface area contributed by atoms with E-state index in [1.54, 1.807) is 25.0 Å². The molecule has 1 fully saturated rings. The summed E-state index contributed by atoms with van der Waals surface area (Å²) in [7, 11) is 3.37. The molecule has 1 saturated carbocycles. The number of aryl methyl sites for hydroxylation is 1. The van der Waals surface area contributed by atoms with Crippen LogP contribution in [0.5, 0.6) is 5.75 Å². The van der Waals surface area contributed by atoms with E-state index in [9.17, 15) is 4.79 Å². The Morgan fingerprint density at radius 2 is 2.12 bits per heavy atom. The molecule has 0 bridgehead atoms. The lowest BCUT2D eigenvalue weighted by Crippen LogP contribution is -2.21. The molecule has 0 aliphatic heterocycles. The van der Waals surface area contributed by atoms with Crippen molar-refractivity contribution in [2.24, 2.45) is 13.0 Å². The SMILES string of the molecule is COc1cnn(C)c1C(=O)C1CCCCC1. The first-order valence-corrected chi connectivity index (χ1v) is 5.84. The third-order valence-corrected chi connectivity index (χ3v) is 3.33. The first kappa shape index (κ1) is 11.2. The van der Waals surface area contributed by atoms with Gasteiger partial charge in [0, 0.05) is 13.0 Å². The van der Waals surface area contributed by atoms with Crippen LogP contribution in [-0.4, -0.2) is 22.7 Å². The van der Waals surface area contributed by atoms with Crippen LogP contribution >= 0.6 is 0 Å². The number of carbonyl (C=O) groups excluding carboxylic acids is 1. The predicted molar refractivity (Wildman–Crippen MR) is 60.7 cm³/mol. The van der Waals surface area contributed by atoms with Crippen LogP contribution in [0.25, 0.3) is 0 Å². The summed E-state index contributed by atoms with van der Waals surface area (Å²) in [6, 6.07) is 0. The maximum atomic E-state index is 12.3. The highest BCUT2D eigenvalue weighted by atomic mass is 16.5. The van der Waals surface area contributed by atoms with Crippen LogP contribution < -0.4 is 4.74 Å². The number of rotatable bonds is 3. The van der Waals surface area contributed by atoms with Gasteiger partial charge < -0.3 is 4.74 Å². The Hall–Kier alpha value is -1.32. The predicted octanol–water partition coefficient (Wildman–Crippen LogP) is 2.19. The fourth-order valence-electron chi connectivity index (χ4n) is 2.41.